The first-order chi connectivity index (χ1) is 14.4. The molecule has 0 bridgehead atoms. The zero-order chi connectivity index (χ0) is 21.4. The Morgan fingerprint density at radius 3 is 2.50 bits per heavy atom. The van der Waals surface area contributed by atoms with Gasteiger partial charge in [0.1, 0.15) is 5.75 Å². The highest BCUT2D eigenvalue weighted by Crippen LogP contribution is 2.44. The number of rotatable bonds is 4. The smallest absolute Gasteiger partial charge is 0.269 e. The molecule has 1 amide bonds. The molecule has 2 aromatic rings. The lowest BCUT2D eigenvalue weighted by Crippen LogP contribution is -2.38. The fraction of sp³-hybridized carbons (Fsp3) is 0.273. The van der Waals surface area contributed by atoms with Gasteiger partial charge in [0, 0.05) is 47.2 Å². The molecule has 8 heteroatoms. The van der Waals surface area contributed by atoms with Crippen LogP contribution in [0.25, 0.3) is 0 Å². The van der Waals surface area contributed by atoms with E-state index in [9.17, 15) is 19.7 Å². The van der Waals surface area contributed by atoms with E-state index in [0.29, 0.717) is 34.7 Å². The number of halogens is 1. The van der Waals surface area contributed by atoms with Crippen LogP contribution in [0, 0.1) is 10.1 Å². The Labute approximate surface area is 177 Å². The minimum absolute atomic E-state index is 0.0265. The van der Waals surface area contributed by atoms with Gasteiger partial charge in [0.2, 0.25) is 5.91 Å². The Bertz CT molecular complexity index is 1080. The number of methoxy groups -OCH3 is 1. The number of hydrogen-bond acceptors (Lipinski definition) is 5. The van der Waals surface area contributed by atoms with Crippen LogP contribution in [-0.2, 0) is 9.59 Å². The van der Waals surface area contributed by atoms with Crippen LogP contribution in [0.3, 0.4) is 0 Å². The van der Waals surface area contributed by atoms with Gasteiger partial charge in [-0.1, -0.05) is 23.7 Å². The van der Waals surface area contributed by atoms with Crippen molar-refractivity contribution in [2.75, 3.05) is 7.11 Å². The van der Waals surface area contributed by atoms with Gasteiger partial charge in [0.25, 0.3) is 5.69 Å². The number of nitro groups is 1. The zero-order valence-corrected chi connectivity index (χ0v) is 16.9. The summed E-state index contributed by atoms with van der Waals surface area (Å²) in [6.45, 7) is 0. The molecule has 1 aliphatic heterocycles. The Morgan fingerprint density at radius 2 is 1.83 bits per heavy atom. The molecule has 2 aromatic carbocycles. The van der Waals surface area contributed by atoms with Gasteiger partial charge in [-0.05, 0) is 41.7 Å². The highest BCUT2D eigenvalue weighted by Gasteiger charge is 2.39. The molecule has 1 N–H and O–H groups in total. The van der Waals surface area contributed by atoms with E-state index in [0.717, 1.165) is 11.3 Å². The zero-order valence-electron chi connectivity index (χ0n) is 16.2. The number of nitrogens with zero attached hydrogens (tertiary/aromatic N) is 1. The third-order valence-corrected chi connectivity index (χ3v) is 6.03. The maximum atomic E-state index is 13.1. The summed E-state index contributed by atoms with van der Waals surface area (Å²) in [5.41, 5.74) is 2.38. The van der Waals surface area contributed by atoms with E-state index in [4.69, 9.17) is 16.3 Å². The number of Topliss-reactive ketones (excluding diaryl/α,β-unsaturated/α-hetero) is 1. The molecule has 4 rings (SSSR count). The van der Waals surface area contributed by atoms with Gasteiger partial charge < -0.3 is 10.1 Å². The Kier molecular flexibility index (Phi) is 5.30. The van der Waals surface area contributed by atoms with Gasteiger partial charge in [-0.15, -0.1) is 0 Å². The van der Waals surface area contributed by atoms with Gasteiger partial charge in [0.05, 0.1) is 12.0 Å². The summed E-state index contributed by atoms with van der Waals surface area (Å²) in [6.07, 6.45) is 0.824. The number of hydrogen-bond donors (Lipinski definition) is 1. The Balaban J connectivity index is 1.72. The number of nitro benzene ring substituents is 1. The number of allylic oxidation sites excluding steroid dienone is 2. The summed E-state index contributed by atoms with van der Waals surface area (Å²) < 4.78 is 5.18. The lowest BCUT2D eigenvalue weighted by molar-refractivity contribution is -0.384. The predicted octanol–water partition coefficient (Wildman–Crippen LogP) is 4.26. The second kappa shape index (κ2) is 7.91. The van der Waals surface area contributed by atoms with E-state index in [1.54, 1.807) is 7.11 Å². The van der Waals surface area contributed by atoms with E-state index in [2.05, 4.69) is 5.32 Å². The molecule has 30 heavy (non-hydrogen) atoms. The number of ether oxygens (including phenoxy) is 1. The highest BCUT2D eigenvalue weighted by atomic mass is 35.5. The number of nitrogens with one attached hydrogen (secondary N) is 1. The monoisotopic (exact) mass is 426 g/mol. The van der Waals surface area contributed by atoms with Crippen LogP contribution >= 0.6 is 11.6 Å². The van der Waals surface area contributed by atoms with E-state index in [1.165, 1.54) is 18.2 Å². The molecule has 7 nitrogen and oxygen atoms in total. The summed E-state index contributed by atoms with van der Waals surface area (Å²) in [6, 6.07) is 11.6. The van der Waals surface area contributed by atoms with Crippen LogP contribution in [0.5, 0.6) is 5.75 Å². The van der Waals surface area contributed by atoms with E-state index < -0.39 is 10.8 Å². The Hall–Kier alpha value is -3.19. The SMILES string of the molecule is COc1ccc([C@@H]2CC(=O)C3=C(C2)NC(=O)C[C@@H]3c2cc([N+](=O)[O-])ccc2Cl)cc1. The minimum Gasteiger partial charge on any atom is -0.497 e. The van der Waals surface area contributed by atoms with Crippen LogP contribution in [0.2, 0.25) is 5.02 Å². The molecule has 0 spiro atoms. The van der Waals surface area contributed by atoms with Crippen LogP contribution in [-0.4, -0.2) is 23.7 Å². The number of amides is 1. The standard InChI is InChI=1S/C22H19ClN2O5/c1-30-15-5-2-12(3-6-15)13-8-19-22(20(26)9-13)17(11-21(27)24-19)16-10-14(25(28)29)4-7-18(16)23/h2-7,10,13,17H,8-9,11H2,1H3,(H,24,27)/t13-,17+/m0/s1. The predicted molar refractivity (Wildman–Crippen MR) is 111 cm³/mol. The van der Waals surface area contributed by atoms with E-state index in [-0.39, 0.29) is 29.7 Å². The van der Waals surface area contributed by atoms with Gasteiger partial charge in [-0.25, -0.2) is 0 Å². The molecule has 0 saturated heterocycles. The molecule has 0 aromatic heterocycles. The molecular weight excluding hydrogens is 408 g/mol. The molecule has 2 atom stereocenters. The summed E-state index contributed by atoms with van der Waals surface area (Å²) in [5.74, 6) is -0.242. The maximum absolute atomic E-state index is 13.1. The van der Waals surface area contributed by atoms with Crippen molar-refractivity contribution in [3.63, 3.8) is 0 Å². The second-order valence-electron chi connectivity index (χ2n) is 7.46. The molecule has 0 radical (unpaired) electrons. The number of benzene rings is 2. The van der Waals surface area contributed by atoms with Crippen LogP contribution in [0.15, 0.2) is 53.7 Å². The first kappa shape index (κ1) is 20.1. The quantitative estimate of drug-likeness (QED) is 0.581. The molecule has 0 saturated carbocycles. The number of carbonyl (C=O) groups excluding carboxylic acids is 2. The first-order valence-electron chi connectivity index (χ1n) is 9.51. The summed E-state index contributed by atoms with van der Waals surface area (Å²) >= 11 is 6.31. The van der Waals surface area contributed by atoms with Gasteiger partial charge in [0.15, 0.2) is 5.78 Å². The molecule has 1 heterocycles. The fourth-order valence-corrected chi connectivity index (χ4v) is 4.50. The van der Waals surface area contributed by atoms with Gasteiger partial charge >= 0.3 is 0 Å². The maximum Gasteiger partial charge on any atom is 0.269 e. The van der Waals surface area contributed by atoms with Crippen molar-refractivity contribution in [1.29, 1.82) is 0 Å². The van der Waals surface area contributed by atoms with Gasteiger partial charge in [-0.2, -0.15) is 0 Å². The molecule has 2 aliphatic rings. The average molecular weight is 427 g/mol. The molecule has 1 aliphatic carbocycles. The summed E-state index contributed by atoms with van der Waals surface area (Å²) in [7, 11) is 1.59. The summed E-state index contributed by atoms with van der Waals surface area (Å²) in [5, 5.41) is 14.3. The third kappa shape index (κ3) is 3.68. The first-order valence-corrected chi connectivity index (χ1v) is 9.89. The second-order valence-corrected chi connectivity index (χ2v) is 7.87. The van der Waals surface area contributed by atoms with E-state index in [1.807, 2.05) is 24.3 Å². The van der Waals surface area contributed by atoms with Crippen molar-refractivity contribution in [3.05, 3.63) is 80.0 Å². The number of carbonyl (C=O) groups is 2. The van der Waals surface area contributed by atoms with Crippen molar-refractivity contribution in [1.82, 2.24) is 5.32 Å². The lowest BCUT2D eigenvalue weighted by atomic mass is 9.73. The van der Waals surface area contributed by atoms with Crippen LogP contribution < -0.4 is 10.1 Å². The van der Waals surface area contributed by atoms with Crippen LogP contribution in [0.1, 0.15) is 42.2 Å². The van der Waals surface area contributed by atoms with Crippen molar-refractivity contribution in [2.45, 2.75) is 31.1 Å². The molecule has 0 fully saturated rings. The largest absolute Gasteiger partial charge is 0.497 e. The third-order valence-electron chi connectivity index (χ3n) is 5.69. The van der Waals surface area contributed by atoms with Gasteiger partial charge in [-0.3, -0.25) is 19.7 Å². The van der Waals surface area contributed by atoms with Crippen molar-refractivity contribution < 1.29 is 19.2 Å². The Morgan fingerprint density at radius 1 is 1.10 bits per heavy atom. The molecule has 154 valence electrons. The summed E-state index contributed by atoms with van der Waals surface area (Å²) in [4.78, 5) is 36.2. The normalized spacial score (nSPS) is 21.1. The van der Waals surface area contributed by atoms with Crippen molar-refractivity contribution in [3.8, 4) is 5.75 Å². The number of non-ortho nitro benzene ring substituents is 1. The topological polar surface area (TPSA) is 98.5 Å². The average Bonchev–Trinajstić information content (AvgIpc) is 2.73. The highest BCUT2D eigenvalue weighted by molar-refractivity contribution is 6.31. The number of ketones is 1. The van der Waals surface area contributed by atoms with Crippen molar-refractivity contribution >= 4 is 29.0 Å². The fourth-order valence-electron chi connectivity index (χ4n) is 4.25. The van der Waals surface area contributed by atoms with E-state index >= 15 is 0 Å². The minimum atomic E-state index is -0.592. The molecular formula is C22H19ClN2O5. The van der Waals surface area contributed by atoms with Crippen LogP contribution in [0.4, 0.5) is 5.69 Å². The lowest BCUT2D eigenvalue weighted by Gasteiger charge is -2.34. The molecule has 0 unspecified atom stereocenters. The van der Waals surface area contributed by atoms with Crippen molar-refractivity contribution in [2.24, 2.45) is 0 Å².